The van der Waals surface area contributed by atoms with E-state index in [1.807, 2.05) is 0 Å². The minimum absolute atomic E-state index is 0.182. The number of hydrogen-bond acceptors (Lipinski definition) is 5. The molecule has 0 aliphatic carbocycles. The summed E-state index contributed by atoms with van der Waals surface area (Å²) in [4.78, 5) is 26.9. The van der Waals surface area contributed by atoms with Gasteiger partial charge in [-0.15, -0.1) is 0 Å². The monoisotopic (exact) mass is 201 g/mol. The first kappa shape index (κ1) is 12.6. The number of nitrogens with zero attached hydrogens (tertiary/aromatic N) is 1. The summed E-state index contributed by atoms with van der Waals surface area (Å²) < 4.78 is 4.63. The Morgan fingerprint density at radius 2 is 1.93 bits per heavy atom. The third kappa shape index (κ3) is 4.59. The van der Waals surface area contributed by atoms with Gasteiger partial charge in [0.15, 0.2) is 5.78 Å². The highest BCUT2D eigenvalue weighted by Gasteiger charge is 2.18. The van der Waals surface area contributed by atoms with Crippen molar-refractivity contribution >= 4 is 17.5 Å². The van der Waals surface area contributed by atoms with Crippen molar-refractivity contribution in [3.05, 3.63) is 0 Å². The van der Waals surface area contributed by atoms with Crippen LogP contribution in [0.4, 0.5) is 0 Å². The zero-order chi connectivity index (χ0) is 11.1. The molecule has 0 aliphatic rings. The molecule has 0 bridgehead atoms. The Bertz CT molecular complexity index is 245. The Hall–Kier alpha value is -1.39. The van der Waals surface area contributed by atoms with E-state index >= 15 is 0 Å². The van der Waals surface area contributed by atoms with Crippen molar-refractivity contribution in [3.63, 3.8) is 0 Å². The maximum absolute atomic E-state index is 11.1. The van der Waals surface area contributed by atoms with E-state index in [4.69, 9.17) is 4.84 Å². The van der Waals surface area contributed by atoms with Gasteiger partial charge in [0.1, 0.15) is 6.10 Å². The van der Waals surface area contributed by atoms with Gasteiger partial charge in [0.25, 0.3) is 0 Å². The molecule has 0 amide bonds. The van der Waals surface area contributed by atoms with Gasteiger partial charge in [-0.3, -0.25) is 4.79 Å². The Morgan fingerprint density at radius 3 is 2.29 bits per heavy atom. The molecular weight excluding hydrogens is 186 g/mol. The Morgan fingerprint density at radius 1 is 1.36 bits per heavy atom. The molecule has 14 heavy (non-hydrogen) atoms. The molecule has 0 atom stereocenters. The summed E-state index contributed by atoms with van der Waals surface area (Å²) in [5.74, 6) is -1.22. The molecule has 0 radical (unpaired) electrons. The highest BCUT2D eigenvalue weighted by atomic mass is 16.6. The standard InChI is InChI=1S/C9H15NO4/c1-5-13-9(12)8(7(4)11)10-14-6(2)3/h6H,5H2,1-4H3/b10-8-. The minimum atomic E-state index is -0.749. The van der Waals surface area contributed by atoms with Crippen molar-refractivity contribution in [1.29, 1.82) is 0 Å². The fourth-order valence-corrected chi connectivity index (χ4v) is 0.603. The smallest absolute Gasteiger partial charge is 0.364 e. The van der Waals surface area contributed by atoms with Gasteiger partial charge in [0.05, 0.1) is 6.61 Å². The number of hydrogen-bond donors (Lipinski definition) is 0. The highest BCUT2D eigenvalue weighted by Crippen LogP contribution is 1.93. The lowest BCUT2D eigenvalue weighted by atomic mass is 10.3. The highest BCUT2D eigenvalue weighted by molar-refractivity contribution is 6.63. The predicted octanol–water partition coefficient (Wildman–Crippen LogP) is 0.919. The Balaban J connectivity index is 4.51. The largest absolute Gasteiger partial charge is 0.461 e. The van der Waals surface area contributed by atoms with Gasteiger partial charge < -0.3 is 9.57 Å². The van der Waals surface area contributed by atoms with E-state index in [1.165, 1.54) is 6.92 Å². The molecule has 0 rings (SSSR count). The van der Waals surface area contributed by atoms with Crippen LogP contribution in [-0.2, 0) is 19.2 Å². The van der Waals surface area contributed by atoms with Crippen LogP contribution < -0.4 is 0 Å². The van der Waals surface area contributed by atoms with Gasteiger partial charge in [-0.1, -0.05) is 5.16 Å². The second-order valence-corrected chi connectivity index (χ2v) is 2.87. The first-order valence-electron chi connectivity index (χ1n) is 4.40. The van der Waals surface area contributed by atoms with Crippen LogP contribution in [-0.4, -0.2) is 30.2 Å². The molecule has 0 aromatic carbocycles. The summed E-state index contributed by atoms with van der Waals surface area (Å²) >= 11 is 0. The quantitative estimate of drug-likeness (QED) is 0.287. The van der Waals surface area contributed by atoms with Crippen LogP contribution >= 0.6 is 0 Å². The van der Waals surface area contributed by atoms with Gasteiger partial charge in [-0.25, -0.2) is 4.79 Å². The van der Waals surface area contributed by atoms with Crippen molar-refractivity contribution in [2.24, 2.45) is 5.16 Å². The zero-order valence-corrected chi connectivity index (χ0v) is 8.86. The van der Waals surface area contributed by atoms with Gasteiger partial charge in [0, 0.05) is 6.92 Å². The van der Waals surface area contributed by atoms with Crippen molar-refractivity contribution in [2.75, 3.05) is 6.61 Å². The van der Waals surface area contributed by atoms with Gasteiger partial charge in [0.2, 0.25) is 5.71 Å². The van der Waals surface area contributed by atoms with E-state index in [9.17, 15) is 9.59 Å². The fraction of sp³-hybridized carbons (Fsp3) is 0.667. The van der Waals surface area contributed by atoms with E-state index in [0.29, 0.717) is 0 Å². The van der Waals surface area contributed by atoms with E-state index in [1.54, 1.807) is 20.8 Å². The Kier molecular flexibility index (Phi) is 5.52. The number of rotatable bonds is 5. The molecule has 0 heterocycles. The summed E-state index contributed by atoms with van der Waals surface area (Å²) in [6.07, 6.45) is -0.182. The topological polar surface area (TPSA) is 65.0 Å². The minimum Gasteiger partial charge on any atom is -0.461 e. The van der Waals surface area contributed by atoms with Crippen LogP contribution in [0.2, 0.25) is 0 Å². The number of carbonyl (C=O) groups excluding carboxylic acids is 2. The fourth-order valence-electron chi connectivity index (χ4n) is 0.603. The molecule has 0 spiro atoms. The number of Topliss-reactive ketones (excluding diaryl/α,β-unsaturated/α-hetero) is 1. The maximum atomic E-state index is 11.1. The molecule has 0 N–H and O–H groups in total. The van der Waals surface area contributed by atoms with Crippen LogP contribution in [0.3, 0.4) is 0 Å². The van der Waals surface area contributed by atoms with Crippen LogP contribution in [0.15, 0.2) is 5.16 Å². The first-order chi connectivity index (χ1) is 6.49. The van der Waals surface area contributed by atoms with Crippen LogP contribution in [0.5, 0.6) is 0 Å². The van der Waals surface area contributed by atoms with Crippen molar-refractivity contribution in [1.82, 2.24) is 0 Å². The van der Waals surface area contributed by atoms with E-state index in [-0.39, 0.29) is 18.4 Å². The lowest BCUT2D eigenvalue weighted by Crippen LogP contribution is -2.25. The van der Waals surface area contributed by atoms with Crippen molar-refractivity contribution in [3.8, 4) is 0 Å². The van der Waals surface area contributed by atoms with Gasteiger partial charge in [-0.2, -0.15) is 0 Å². The lowest BCUT2D eigenvalue weighted by molar-refractivity contribution is -0.136. The molecule has 5 nitrogen and oxygen atoms in total. The summed E-state index contributed by atoms with van der Waals surface area (Å²) in [6, 6.07) is 0. The molecule has 0 aromatic rings. The first-order valence-corrected chi connectivity index (χ1v) is 4.40. The summed E-state index contributed by atoms with van der Waals surface area (Å²) in [6.45, 7) is 6.57. The number of esters is 1. The lowest BCUT2D eigenvalue weighted by Gasteiger charge is -2.04. The molecule has 0 saturated carbocycles. The molecule has 80 valence electrons. The van der Waals surface area contributed by atoms with E-state index in [2.05, 4.69) is 9.89 Å². The molecule has 0 unspecified atom stereocenters. The molecule has 0 aromatic heterocycles. The second-order valence-electron chi connectivity index (χ2n) is 2.87. The summed E-state index contributed by atoms with van der Waals surface area (Å²) in [5, 5.41) is 3.43. The SMILES string of the molecule is CCOC(=O)/C(=N\OC(C)C)C(C)=O. The summed E-state index contributed by atoms with van der Waals surface area (Å²) in [5.41, 5.74) is -0.305. The number of ketones is 1. The third-order valence-electron chi connectivity index (χ3n) is 1.16. The maximum Gasteiger partial charge on any atom is 0.364 e. The molecule has 5 heteroatoms. The van der Waals surface area contributed by atoms with Crippen LogP contribution in [0.1, 0.15) is 27.7 Å². The van der Waals surface area contributed by atoms with Crippen molar-refractivity contribution in [2.45, 2.75) is 33.8 Å². The van der Waals surface area contributed by atoms with Crippen LogP contribution in [0.25, 0.3) is 0 Å². The average molecular weight is 201 g/mol. The van der Waals surface area contributed by atoms with Crippen molar-refractivity contribution < 1.29 is 19.2 Å². The third-order valence-corrected chi connectivity index (χ3v) is 1.16. The molecular formula is C9H15NO4. The number of carbonyl (C=O) groups is 2. The molecule has 0 fully saturated rings. The summed E-state index contributed by atoms with van der Waals surface area (Å²) in [7, 11) is 0. The molecule has 0 saturated heterocycles. The Labute approximate surface area is 83.1 Å². The number of ether oxygens (including phenoxy) is 1. The van der Waals surface area contributed by atoms with Crippen LogP contribution in [0, 0.1) is 0 Å². The van der Waals surface area contributed by atoms with E-state index in [0.717, 1.165) is 0 Å². The van der Waals surface area contributed by atoms with Gasteiger partial charge in [-0.05, 0) is 20.8 Å². The number of oxime groups is 1. The zero-order valence-electron chi connectivity index (χ0n) is 8.86. The normalized spacial score (nSPS) is 11.4. The second kappa shape index (κ2) is 6.12. The average Bonchev–Trinajstić information content (AvgIpc) is 2.03. The molecule has 0 aliphatic heterocycles. The predicted molar refractivity (Wildman–Crippen MR) is 51.0 cm³/mol. The van der Waals surface area contributed by atoms with Gasteiger partial charge >= 0.3 is 5.97 Å². The van der Waals surface area contributed by atoms with E-state index < -0.39 is 11.8 Å².